The Kier molecular flexibility index (Phi) is 7.04. The third-order valence-corrected chi connectivity index (χ3v) is 8.26. The summed E-state index contributed by atoms with van der Waals surface area (Å²) in [6.45, 7) is -1.17. The first-order valence-corrected chi connectivity index (χ1v) is 12.8. The number of benzene rings is 1. The van der Waals surface area contributed by atoms with E-state index >= 15 is 0 Å². The molecule has 3 aliphatic carbocycles. The van der Waals surface area contributed by atoms with E-state index in [0.717, 1.165) is 50.7 Å². The quantitative estimate of drug-likeness (QED) is 0.421. The van der Waals surface area contributed by atoms with Crippen LogP contribution in [-0.2, 0) is 11.3 Å². The van der Waals surface area contributed by atoms with Crippen LogP contribution in [-0.4, -0.2) is 45.4 Å². The maximum atomic E-state index is 13.7. The Hall–Kier alpha value is -3.96. The first-order chi connectivity index (χ1) is 18.6. The van der Waals surface area contributed by atoms with E-state index in [9.17, 15) is 27.6 Å². The number of nitrogens with one attached hydrogen (secondary N) is 2. The molecule has 9 nitrogen and oxygen atoms in total. The van der Waals surface area contributed by atoms with E-state index in [0.29, 0.717) is 17.8 Å². The highest BCUT2D eigenvalue weighted by Crippen LogP contribution is 2.56. The van der Waals surface area contributed by atoms with Crippen LogP contribution in [0.5, 0.6) is 5.75 Å². The summed E-state index contributed by atoms with van der Waals surface area (Å²) in [6, 6.07) is 6.27. The number of carbonyl (C=O) groups is 3. The predicted molar refractivity (Wildman–Crippen MR) is 133 cm³/mol. The van der Waals surface area contributed by atoms with Crippen LogP contribution in [0.3, 0.4) is 0 Å². The number of amides is 2. The van der Waals surface area contributed by atoms with Gasteiger partial charge in [-0.15, -0.1) is 0 Å². The van der Waals surface area contributed by atoms with Crippen LogP contribution in [0.15, 0.2) is 36.5 Å². The molecule has 39 heavy (non-hydrogen) atoms. The van der Waals surface area contributed by atoms with Gasteiger partial charge in [-0.1, -0.05) is 6.07 Å². The minimum atomic E-state index is -3.19. The number of aromatic nitrogens is 3. The van der Waals surface area contributed by atoms with Crippen LogP contribution in [0.4, 0.5) is 13.2 Å². The van der Waals surface area contributed by atoms with Gasteiger partial charge in [-0.25, -0.2) is 13.9 Å². The van der Waals surface area contributed by atoms with E-state index < -0.39 is 30.0 Å². The first-order valence-electron chi connectivity index (χ1n) is 12.8. The highest BCUT2D eigenvalue weighted by molar-refractivity contribution is 5.98. The Balaban J connectivity index is 1.27. The predicted octanol–water partition coefficient (Wildman–Crippen LogP) is 4.06. The van der Waals surface area contributed by atoms with Crippen molar-refractivity contribution in [3.8, 4) is 5.75 Å². The van der Waals surface area contributed by atoms with Gasteiger partial charge in [0.1, 0.15) is 17.2 Å². The van der Waals surface area contributed by atoms with Crippen molar-refractivity contribution in [1.29, 1.82) is 0 Å². The lowest BCUT2D eigenvalue weighted by atomic mass is 9.52. The molecule has 0 unspecified atom stereocenters. The van der Waals surface area contributed by atoms with Crippen molar-refractivity contribution >= 4 is 23.2 Å². The number of halogens is 3. The Morgan fingerprint density at radius 2 is 1.74 bits per heavy atom. The third kappa shape index (κ3) is 5.32. The Labute approximate surface area is 222 Å². The van der Waals surface area contributed by atoms with E-state index in [4.69, 9.17) is 0 Å². The molecule has 1 aromatic carbocycles. The SMILES string of the molecule is CC(=O)C12CCC(CNC(=O)c3cc(C(=O)NCc4ccc(F)c(OC(F)F)c4)nc4ccnn34)(CC1)CC2. The summed E-state index contributed by atoms with van der Waals surface area (Å²) < 4.78 is 44.2. The number of carbonyl (C=O) groups excluding carboxylic acids is 3. The molecule has 0 saturated heterocycles. The number of nitrogens with zero attached hydrogens (tertiary/aromatic N) is 3. The number of hydrogen-bond acceptors (Lipinski definition) is 6. The van der Waals surface area contributed by atoms with E-state index in [-0.39, 0.29) is 34.5 Å². The molecule has 2 bridgehead atoms. The van der Waals surface area contributed by atoms with Gasteiger partial charge in [0.05, 0.1) is 6.20 Å². The molecule has 3 fully saturated rings. The molecule has 6 rings (SSSR count). The zero-order valence-corrected chi connectivity index (χ0v) is 21.3. The largest absolute Gasteiger partial charge is 0.432 e. The van der Waals surface area contributed by atoms with Gasteiger partial charge in [-0.2, -0.15) is 13.9 Å². The van der Waals surface area contributed by atoms with Crippen LogP contribution in [0.2, 0.25) is 0 Å². The first kappa shape index (κ1) is 26.6. The van der Waals surface area contributed by atoms with Crippen LogP contribution < -0.4 is 15.4 Å². The zero-order chi connectivity index (χ0) is 27.8. The molecule has 3 aliphatic rings. The summed E-state index contributed by atoms with van der Waals surface area (Å²) in [7, 11) is 0. The zero-order valence-electron chi connectivity index (χ0n) is 21.3. The Morgan fingerprint density at radius 3 is 2.41 bits per heavy atom. The van der Waals surface area contributed by atoms with Crippen LogP contribution in [0.25, 0.3) is 5.65 Å². The van der Waals surface area contributed by atoms with Crippen molar-refractivity contribution in [2.45, 2.75) is 58.6 Å². The number of Topliss-reactive ketones (excluding diaryl/α,β-unsaturated/α-hetero) is 1. The molecule has 2 heterocycles. The maximum Gasteiger partial charge on any atom is 0.387 e. The van der Waals surface area contributed by atoms with E-state index in [1.807, 2.05) is 0 Å². The normalized spacial score (nSPS) is 22.2. The van der Waals surface area contributed by atoms with E-state index in [1.165, 1.54) is 22.8 Å². The monoisotopic (exact) mass is 543 g/mol. The summed E-state index contributed by atoms with van der Waals surface area (Å²) in [6.07, 6.45) is 6.61. The molecule has 2 N–H and O–H groups in total. The van der Waals surface area contributed by atoms with Gasteiger partial charge in [0.2, 0.25) is 0 Å². The summed E-state index contributed by atoms with van der Waals surface area (Å²) in [4.78, 5) is 42.6. The number of alkyl halides is 2. The Bertz CT molecular complexity index is 1420. The smallest absolute Gasteiger partial charge is 0.387 e. The molecule has 3 aromatic rings. The lowest BCUT2D eigenvalue weighted by Crippen LogP contribution is -2.49. The van der Waals surface area contributed by atoms with Gasteiger partial charge in [-0.3, -0.25) is 14.4 Å². The number of ether oxygens (including phenoxy) is 1. The topological polar surface area (TPSA) is 115 Å². The van der Waals surface area contributed by atoms with Gasteiger partial charge in [0.25, 0.3) is 11.8 Å². The molecule has 2 amide bonds. The molecule has 0 spiro atoms. The number of ketones is 1. The van der Waals surface area contributed by atoms with Crippen molar-refractivity contribution in [2.24, 2.45) is 10.8 Å². The fraction of sp³-hybridized carbons (Fsp3) is 0.444. The molecular weight excluding hydrogens is 515 g/mol. The highest BCUT2D eigenvalue weighted by Gasteiger charge is 2.50. The molecule has 0 atom stereocenters. The van der Waals surface area contributed by atoms with Gasteiger partial charge in [0.15, 0.2) is 17.2 Å². The molecule has 12 heteroatoms. The summed E-state index contributed by atoms with van der Waals surface area (Å²) in [5.74, 6) is -2.35. The van der Waals surface area contributed by atoms with Crippen molar-refractivity contribution in [3.63, 3.8) is 0 Å². The second-order valence-electron chi connectivity index (χ2n) is 10.5. The summed E-state index contributed by atoms with van der Waals surface area (Å²) >= 11 is 0. The standard InChI is InChI=1S/C27H28F3N5O4/c1-16(36)27-8-5-26(6-9-27,7-10-27)15-32-24(38)20-13-19(34-22-4-11-33-35(20)22)23(37)31-14-17-2-3-18(28)21(12-17)39-25(29)30/h2-4,11-13,25H,5-10,14-15H2,1H3,(H,31,37)(H,32,38). The van der Waals surface area contributed by atoms with Crippen molar-refractivity contribution in [2.75, 3.05) is 6.54 Å². The molecule has 2 aromatic heterocycles. The molecule has 3 saturated carbocycles. The third-order valence-electron chi connectivity index (χ3n) is 8.26. The van der Waals surface area contributed by atoms with Crippen LogP contribution >= 0.6 is 0 Å². The average molecular weight is 544 g/mol. The van der Waals surface area contributed by atoms with Gasteiger partial charge in [-0.05, 0) is 68.6 Å². The fourth-order valence-corrected chi connectivity index (χ4v) is 5.72. The summed E-state index contributed by atoms with van der Waals surface area (Å²) in [5, 5.41) is 9.76. The Morgan fingerprint density at radius 1 is 1.03 bits per heavy atom. The van der Waals surface area contributed by atoms with Gasteiger partial charge < -0.3 is 15.4 Å². The summed E-state index contributed by atoms with van der Waals surface area (Å²) in [5.41, 5.74) is 0.459. The van der Waals surface area contributed by atoms with Crippen LogP contribution in [0.1, 0.15) is 72.0 Å². The van der Waals surface area contributed by atoms with Gasteiger partial charge >= 0.3 is 6.61 Å². The van der Waals surface area contributed by atoms with E-state index in [2.05, 4.69) is 25.5 Å². The van der Waals surface area contributed by atoms with Crippen LogP contribution in [0, 0.1) is 16.6 Å². The highest BCUT2D eigenvalue weighted by atomic mass is 19.3. The second kappa shape index (κ2) is 10.3. The molecule has 206 valence electrons. The van der Waals surface area contributed by atoms with Crippen molar-refractivity contribution in [3.05, 3.63) is 59.3 Å². The van der Waals surface area contributed by atoms with Gasteiger partial charge in [0, 0.05) is 30.6 Å². The number of rotatable bonds is 9. The minimum absolute atomic E-state index is 0.0425. The fourth-order valence-electron chi connectivity index (χ4n) is 5.72. The average Bonchev–Trinajstić information content (AvgIpc) is 3.41. The maximum absolute atomic E-state index is 13.7. The van der Waals surface area contributed by atoms with E-state index in [1.54, 1.807) is 13.0 Å². The second-order valence-corrected chi connectivity index (χ2v) is 10.5. The minimum Gasteiger partial charge on any atom is -0.432 e. The number of hydrogen-bond donors (Lipinski definition) is 2. The molecule has 0 aliphatic heterocycles. The lowest BCUT2D eigenvalue weighted by molar-refractivity contribution is -0.135. The van der Waals surface area contributed by atoms with Crippen molar-refractivity contribution in [1.82, 2.24) is 25.2 Å². The lowest BCUT2D eigenvalue weighted by Gasteiger charge is -2.52. The molecular formula is C27H28F3N5O4. The number of fused-ring (bicyclic) bond motifs is 4. The molecule has 0 radical (unpaired) electrons. The van der Waals surface area contributed by atoms with Crippen molar-refractivity contribution < 1.29 is 32.3 Å².